The molecule has 2 rings (SSSR count). The second-order valence-electron chi connectivity index (χ2n) is 8.84. The van der Waals surface area contributed by atoms with E-state index >= 15 is 0 Å². The number of unbranched alkanes of at least 4 members (excludes halogenated alkanes) is 1. The Hall–Kier alpha value is -3.05. The number of allylic oxidation sites excluding steroid dienone is 2. The van der Waals surface area contributed by atoms with Crippen molar-refractivity contribution in [2.24, 2.45) is 5.10 Å². The van der Waals surface area contributed by atoms with E-state index in [0.29, 0.717) is 6.61 Å². The average molecular weight is 443 g/mol. The maximum Gasteiger partial charge on any atom is 0.193 e. The number of hydrogen-bond acceptors (Lipinski definition) is 3. The van der Waals surface area contributed by atoms with E-state index in [1.807, 2.05) is 71.9 Å². The van der Waals surface area contributed by atoms with Crippen LogP contribution in [0.15, 0.2) is 77.9 Å². The summed E-state index contributed by atoms with van der Waals surface area (Å²) in [6, 6.07) is 20.3. The molecule has 0 bridgehead atoms. The maximum atomic E-state index is 6.03. The van der Waals surface area contributed by atoms with Gasteiger partial charge in [-0.2, -0.15) is 5.10 Å². The molecule has 0 aliphatic carbocycles. The quantitative estimate of drug-likeness (QED) is 0.149. The van der Waals surface area contributed by atoms with Crippen LogP contribution in [0.5, 0.6) is 0 Å². The molecular formula is C28H34N2OSi. The highest BCUT2D eigenvalue weighted by Gasteiger charge is 2.36. The Bertz CT molecular complexity index is 958. The second kappa shape index (κ2) is 12.7. The van der Waals surface area contributed by atoms with Gasteiger partial charge in [0.15, 0.2) is 8.32 Å². The Labute approximate surface area is 195 Å². The molecule has 32 heavy (non-hydrogen) atoms. The summed E-state index contributed by atoms with van der Waals surface area (Å²) >= 11 is 0. The van der Waals surface area contributed by atoms with Crippen molar-refractivity contribution in [3.05, 3.63) is 72.8 Å². The smallest absolute Gasteiger partial charge is 0.193 e. The molecule has 0 unspecified atom stereocenters. The molecule has 2 aromatic carbocycles. The summed E-state index contributed by atoms with van der Waals surface area (Å²) < 4.78 is 6.03. The Morgan fingerprint density at radius 1 is 0.875 bits per heavy atom. The highest BCUT2D eigenvalue weighted by atomic mass is 28.4. The van der Waals surface area contributed by atoms with Gasteiger partial charge in [0.05, 0.1) is 18.0 Å². The fourth-order valence-electron chi connectivity index (χ4n) is 2.44. The molecule has 0 atom stereocenters. The molecule has 0 heterocycles. The fourth-order valence-corrected chi connectivity index (χ4v) is 3.31. The Kier molecular flexibility index (Phi) is 10.0. The number of hydrazone groups is 1. The van der Waals surface area contributed by atoms with Gasteiger partial charge >= 0.3 is 0 Å². The minimum atomic E-state index is -1.72. The first-order valence-electron chi connectivity index (χ1n) is 11.0. The largest absolute Gasteiger partial charge is 0.406 e. The minimum Gasteiger partial charge on any atom is -0.406 e. The van der Waals surface area contributed by atoms with E-state index in [4.69, 9.17) is 4.43 Å². The average Bonchev–Trinajstić information content (AvgIpc) is 2.77. The van der Waals surface area contributed by atoms with Gasteiger partial charge in [-0.05, 0) is 61.0 Å². The second-order valence-corrected chi connectivity index (χ2v) is 13.7. The molecule has 0 fully saturated rings. The van der Waals surface area contributed by atoms with Crippen LogP contribution in [0.2, 0.25) is 18.1 Å². The molecule has 3 nitrogen and oxygen atoms in total. The molecule has 0 aromatic heterocycles. The van der Waals surface area contributed by atoms with Crippen LogP contribution in [0.1, 0.15) is 33.6 Å². The van der Waals surface area contributed by atoms with Crippen LogP contribution >= 0.6 is 0 Å². The number of hydrogen-bond donors (Lipinski definition) is 0. The van der Waals surface area contributed by atoms with Crippen molar-refractivity contribution in [2.75, 3.05) is 11.6 Å². The maximum absolute atomic E-state index is 6.03. The van der Waals surface area contributed by atoms with Gasteiger partial charge < -0.3 is 4.43 Å². The summed E-state index contributed by atoms with van der Waals surface area (Å²) in [6.45, 7) is 11.6. The van der Waals surface area contributed by atoms with Crippen molar-refractivity contribution in [1.82, 2.24) is 0 Å². The first kappa shape index (κ1) is 25.2. The van der Waals surface area contributed by atoms with Crippen LogP contribution in [0.25, 0.3) is 0 Å². The number of rotatable bonds is 7. The van der Waals surface area contributed by atoms with Crippen molar-refractivity contribution >= 4 is 25.9 Å². The minimum absolute atomic E-state index is 0.207. The molecule has 0 spiro atoms. The zero-order chi connectivity index (χ0) is 23.3. The first-order valence-corrected chi connectivity index (χ1v) is 13.9. The SMILES string of the molecule is CC(C)(C)[Si](C)(C)OCC#C/C=C\C#CCC/C=N/N(c1ccccc1)c1ccccc1. The topological polar surface area (TPSA) is 24.8 Å². The number of para-hydroxylation sites is 2. The monoisotopic (exact) mass is 442 g/mol. The van der Waals surface area contributed by atoms with E-state index < -0.39 is 8.32 Å². The van der Waals surface area contributed by atoms with E-state index in [1.165, 1.54) is 0 Å². The van der Waals surface area contributed by atoms with Crippen molar-refractivity contribution in [3.8, 4) is 23.7 Å². The lowest BCUT2D eigenvalue weighted by atomic mass is 10.2. The summed E-state index contributed by atoms with van der Waals surface area (Å²) in [5, 5.41) is 6.80. The molecule has 4 heteroatoms. The zero-order valence-corrected chi connectivity index (χ0v) is 20.9. The summed E-state index contributed by atoms with van der Waals surface area (Å²) in [7, 11) is -1.72. The predicted octanol–water partition coefficient (Wildman–Crippen LogP) is 7.18. The van der Waals surface area contributed by atoms with Crippen LogP contribution in [-0.2, 0) is 4.43 Å². The molecule has 0 radical (unpaired) electrons. The lowest BCUT2D eigenvalue weighted by molar-refractivity contribution is 0.334. The summed E-state index contributed by atoms with van der Waals surface area (Å²) in [4.78, 5) is 0. The van der Waals surface area contributed by atoms with Gasteiger partial charge in [-0.15, -0.1) is 0 Å². The van der Waals surface area contributed by atoms with Crippen LogP contribution < -0.4 is 5.01 Å². The van der Waals surface area contributed by atoms with E-state index in [-0.39, 0.29) is 5.04 Å². The standard InChI is InChI=1S/C28H34N2OSi/c1-28(2,3)32(4,5)31-25-19-11-9-7-6-8-10-18-24-29-30(26-20-14-12-15-21-26)27-22-16-13-17-23-27/h7,9,12-17,20-24H,10,18,25H2,1-5H3/b9-7-,29-24+. The zero-order valence-electron chi connectivity index (χ0n) is 19.9. The van der Waals surface area contributed by atoms with Gasteiger partial charge in [-0.1, -0.05) is 80.9 Å². The van der Waals surface area contributed by atoms with Crippen molar-refractivity contribution in [1.29, 1.82) is 0 Å². The van der Waals surface area contributed by atoms with E-state index in [2.05, 4.69) is 62.6 Å². The molecule has 0 aliphatic rings. The third kappa shape index (κ3) is 8.59. The third-order valence-corrected chi connectivity index (χ3v) is 9.84. The van der Waals surface area contributed by atoms with E-state index in [0.717, 1.165) is 24.2 Å². The molecular weight excluding hydrogens is 408 g/mol. The Balaban J connectivity index is 1.80. The molecule has 2 aromatic rings. The van der Waals surface area contributed by atoms with Gasteiger partial charge in [0.1, 0.15) is 0 Å². The van der Waals surface area contributed by atoms with Gasteiger partial charge in [0.25, 0.3) is 0 Å². The van der Waals surface area contributed by atoms with Crippen LogP contribution in [0.3, 0.4) is 0 Å². The normalized spacial score (nSPS) is 11.7. The lowest BCUT2D eigenvalue weighted by Crippen LogP contribution is -2.40. The molecule has 0 amide bonds. The van der Waals surface area contributed by atoms with Crippen LogP contribution in [0, 0.1) is 23.7 Å². The molecule has 0 saturated heterocycles. The number of benzene rings is 2. The van der Waals surface area contributed by atoms with Gasteiger partial charge in [-0.3, -0.25) is 0 Å². The third-order valence-electron chi connectivity index (χ3n) is 5.36. The fraction of sp³-hybridized carbons (Fsp3) is 0.321. The van der Waals surface area contributed by atoms with Gasteiger partial charge in [0, 0.05) is 12.6 Å². The summed E-state index contributed by atoms with van der Waals surface area (Å²) in [6.07, 6.45) is 7.01. The lowest BCUT2D eigenvalue weighted by Gasteiger charge is -2.35. The van der Waals surface area contributed by atoms with Crippen molar-refractivity contribution in [2.45, 2.75) is 51.7 Å². The van der Waals surface area contributed by atoms with Crippen molar-refractivity contribution < 1.29 is 4.43 Å². The van der Waals surface area contributed by atoms with E-state index in [9.17, 15) is 0 Å². The summed E-state index contributed by atoms with van der Waals surface area (Å²) in [5.41, 5.74) is 2.06. The highest BCUT2D eigenvalue weighted by molar-refractivity contribution is 6.74. The Morgan fingerprint density at radius 3 is 1.94 bits per heavy atom. The molecule has 0 N–H and O–H groups in total. The molecule has 0 aliphatic heterocycles. The molecule has 0 saturated carbocycles. The Morgan fingerprint density at radius 2 is 1.41 bits per heavy atom. The first-order chi connectivity index (χ1) is 15.3. The number of nitrogens with zero attached hydrogens (tertiary/aromatic N) is 2. The van der Waals surface area contributed by atoms with Crippen LogP contribution in [0.4, 0.5) is 11.4 Å². The number of anilines is 2. The summed E-state index contributed by atoms with van der Waals surface area (Å²) in [5.74, 6) is 12.2. The van der Waals surface area contributed by atoms with Gasteiger partial charge in [-0.25, -0.2) is 5.01 Å². The highest BCUT2D eigenvalue weighted by Crippen LogP contribution is 2.36. The van der Waals surface area contributed by atoms with Gasteiger partial charge in [0.2, 0.25) is 0 Å². The van der Waals surface area contributed by atoms with Crippen molar-refractivity contribution in [3.63, 3.8) is 0 Å². The molecule has 166 valence electrons. The predicted molar refractivity (Wildman–Crippen MR) is 141 cm³/mol. The van der Waals surface area contributed by atoms with Crippen LogP contribution in [-0.4, -0.2) is 21.1 Å². The van der Waals surface area contributed by atoms with E-state index in [1.54, 1.807) is 12.2 Å².